The second kappa shape index (κ2) is 5.25. The van der Waals surface area contributed by atoms with Crippen molar-refractivity contribution in [3.63, 3.8) is 0 Å². The minimum Gasteiger partial charge on any atom is -0.495 e. The van der Waals surface area contributed by atoms with Crippen molar-refractivity contribution in [1.29, 1.82) is 0 Å². The zero-order valence-electron chi connectivity index (χ0n) is 9.84. The van der Waals surface area contributed by atoms with E-state index in [0.29, 0.717) is 16.3 Å². The van der Waals surface area contributed by atoms with Gasteiger partial charge in [0.2, 0.25) is 0 Å². The Balaban J connectivity index is 3.05. The van der Waals surface area contributed by atoms with Gasteiger partial charge in [0.25, 0.3) is 0 Å². The fourth-order valence-electron chi connectivity index (χ4n) is 1.37. The Morgan fingerprint density at radius 3 is 2.41 bits per heavy atom. The third-order valence-corrected chi connectivity index (χ3v) is 4.54. The van der Waals surface area contributed by atoms with Gasteiger partial charge in [-0.25, -0.2) is 8.42 Å². The first-order chi connectivity index (χ1) is 7.77. The number of aliphatic hydroxyl groups is 1. The molecule has 0 heterocycles. The largest absolute Gasteiger partial charge is 0.495 e. The van der Waals surface area contributed by atoms with E-state index in [-0.39, 0.29) is 0 Å². The maximum atomic E-state index is 11.3. The molecule has 0 aliphatic carbocycles. The molecule has 1 aromatic carbocycles. The summed E-state index contributed by atoms with van der Waals surface area (Å²) in [4.78, 5) is 0. The lowest BCUT2D eigenvalue weighted by Gasteiger charge is -2.18. The summed E-state index contributed by atoms with van der Waals surface area (Å²) in [7, 11) is -1.82. The summed E-state index contributed by atoms with van der Waals surface area (Å²) < 4.78 is 27.6. The standard InChI is InChI=1S/C11H15ClO4S/c1-7(17(3,14)15)11(13)8-4-5-10(16-2)9(12)6-8/h4-7,11,13H,1-3H3. The molecule has 0 saturated carbocycles. The summed E-state index contributed by atoms with van der Waals surface area (Å²) in [5.74, 6) is 0.481. The van der Waals surface area contributed by atoms with E-state index in [1.807, 2.05) is 0 Å². The van der Waals surface area contributed by atoms with Gasteiger partial charge >= 0.3 is 0 Å². The van der Waals surface area contributed by atoms with Crippen LogP contribution in [0.3, 0.4) is 0 Å². The van der Waals surface area contributed by atoms with Crippen molar-refractivity contribution >= 4 is 21.4 Å². The Hall–Kier alpha value is -0.780. The van der Waals surface area contributed by atoms with Gasteiger partial charge in [-0.15, -0.1) is 0 Å². The van der Waals surface area contributed by atoms with Gasteiger partial charge < -0.3 is 9.84 Å². The van der Waals surface area contributed by atoms with Crippen LogP contribution in [0.5, 0.6) is 5.75 Å². The van der Waals surface area contributed by atoms with Crippen LogP contribution in [-0.4, -0.2) is 32.1 Å². The number of sulfone groups is 1. The van der Waals surface area contributed by atoms with Crippen molar-refractivity contribution in [2.45, 2.75) is 18.3 Å². The molecule has 0 amide bonds. The van der Waals surface area contributed by atoms with Crippen LogP contribution in [0.1, 0.15) is 18.6 Å². The second-order valence-corrected chi connectivity index (χ2v) is 6.68. The molecule has 0 fully saturated rings. The van der Waals surface area contributed by atoms with E-state index in [0.717, 1.165) is 6.26 Å². The van der Waals surface area contributed by atoms with Gasteiger partial charge in [0.05, 0.1) is 23.5 Å². The van der Waals surface area contributed by atoms with E-state index in [9.17, 15) is 13.5 Å². The predicted molar refractivity (Wildman–Crippen MR) is 67.3 cm³/mol. The summed E-state index contributed by atoms with van der Waals surface area (Å²) in [5.41, 5.74) is 0.453. The number of ether oxygens (including phenoxy) is 1. The smallest absolute Gasteiger partial charge is 0.152 e. The molecule has 0 saturated heterocycles. The van der Waals surface area contributed by atoms with Gasteiger partial charge in [-0.3, -0.25) is 0 Å². The molecule has 1 aromatic rings. The molecule has 0 bridgehead atoms. The van der Waals surface area contributed by atoms with Crippen LogP contribution in [0.15, 0.2) is 18.2 Å². The average Bonchev–Trinajstić information content (AvgIpc) is 2.25. The molecule has 0 aromatic heterocycles. The first kappa shape index (κ1) is 14.3. The maximum absolute atomic E-state index is 11.3. The Kier molecular flexibility index (Phi) is 4.41. The van der Waals surface area contributed by atoms with Crippen LogP contribution >= 0.6 is 11.6 Å². The van der Waals surface area contributed by atoms with Crippen LogP contribution in [0, 0.1) is 0 Å². The molecule has 0 aliphatic rings. The third-order valence-electron chi connectivity index (χ3n) is 2.64. The summed E-state index contributed by atoms with van der Waals surface area (Å²) in [6.07, 6.45) is -0.0140. The van der Waals surface area contributed by atoms with Gasteiger partial charge in [-0.1, -0.05) is 17.7 Å². The Morgan fingerprint density at radius 1 is 1.41 bits per heavy atom. The number of hydrogen-bond acceptors (Lipinski definition) is 4. The molecular formula is C11H15ClO4S. The molecule has 0 spiro atoms. The first-order valence-corrected chi connectivity index (χ1v) is 7.31. The van der Waals surface area contributed by atoms with Crippen molar-refractivity contribution in [3.05, 3.63) is 28.8 Å². The van der Waals surface area contributed by atoms with Gasteiger partial charge in [0.15, 0.2) is 9.84 Å². The van der Waals surface area contributed by atoms with Crippen molar-refractivity contribution in [2.75, 3.05) is 13.4 Å². The summed E-state index contributed by atoms with van der Waals surface area (Å²) >= 11 is 5.91. The normalized spacial score (nSPS) is 15.4. The second-order valence-electron chi connectivity index (χ2n) is 3.87. The number of hydrogen-bond donors (Lipinski definition) is 1. The number of halogens is 1. The molecule has 2 atom stereocenters. The van der Waals surface area contributed by atoms with Crippen molar-refractivity contribution in [3.8, 4) is 5.75 Å². The molecule has 0 radical (unpaired) electrons. The lowest BCUT2D eigenvalue weighted by Crippen LogP contribution is -2.24. The van der Waals surface area contributed by atoms with E-state index >= 15 is 0 Å². The minimum atomic E-state index is -3.30. The van der Waals surface area contributed by atoms with E-state index in [1.165, 1.54) is 20.1 Å². The van der Waals surface area contributed by atoms with E-state index in [2.05, 4.69) is 0 Å². The highest BCUT2D eigenvalue weighted by Gasteiger charge is 2.25. The molecule has 96 valence electrons. The molecule has 1 N–H and O–H groups in total. The van der Waals surface area contributed by atoms with E-state index in [1.54, 1.807) is 12.1 Å². The van der Waals surface area contributed by atoms with Crippen LogP contribution < -0.4 is 4.74 Å². The Labute approximate surface area is 106 Å². The fraction of sp³-hybridized carbons (Fsp3) is 0.455. The highest BCUT2D eigenvalue weighted by atomic mass is 35.5. The Morgan fingerprint density at radius 2 is 2.00 bits per heavy atom. The summed E-state index contributed by atoms with van der Waals surface area (Å²) in [5, 5.41) is 9.39. The van der Waals surface area contributed by atoms with Crippen LogP contribution in [-0.2, 0) is 9.84 Å². The van der Waals surface area contributed by atoms with Crippen LogP contribution in [0.2, 0.25) is 5.02 Å². The number of aliphatic hydroxyl groups excluding tert-OH is 1. The highest BCUT2D eigenvalue weighted by molar-refractivity contribution is 7.91. The predicted octanol–water partition coefficient (Wildman–Crippen LogP) is 1.82. The topological polar surface area (TPSA) is 63.6 Å². The third kappa shape index (κ3) is 3.34. The zero-order valence-corrected chi connectivity index (χ0v) is 11.4. The van der Waals surface area contributed by atoms with Gasteiger partial charge in [-0.2, -0.15) is 0 Å². The fourth-order valence-corrected chi connectivity index (χ4v) is 2.26. The number of methoxy groups -OCH3 is 1. The van der Waals surface area contributed by atoms with Crippen LogP contribution in [0.25, 0.3) is 0 Å². The monoisotopic (exact) mass is 278 g/mol. The number of rotatable bonds is 4. The maximum Gasteiger partial charge on any atom is 0.152 e. The molecule has 6 heteroatoms. The lowest BCUT2D eigenvalue weighted by atomic mass is 10.1. The average molecular weight is 279 g/mol. The molecule has 0 aliphatic heterocycles. The summed E-state index contributed by atoms with van der Waals surface area (Å²) in [6.45, 7) is 1.46. The van der Waals surface area contributed by atoms with Crippen LogP contribution in [0.4, 0.5) is 0 Å². The van der Waals surface area contributed by atoms with Crippen molar-refractivity contribution < 1.29 is 18.3 Å². The molecule has 1 rings (SSSR count). The molecule has 2 unspecified atom stereocenters. The van der Waals surface area contributed by atoms with E-state index in [4.69, 9.17) is 16.3 Å². The lowest BCUT2D eigenvalue weighted by molar-refractivity contribution is 0.176. The zero-order chi connectivity index (χ0) is 13.2. The van der Waals surface area contributed by atoms with Gasteiger partial charge in [-0.05, 0) is 24.6 Å². The SMILES string of the molecule is COc1ccc(C(O)C(C)S(C)(=O)=O)cc1Cl. The molecule has 17 heavy (non-hydrogen) atoms. The highest BCUT2D eigenvalue weighted by Crippen LogP contribution is 2.29. The molecular weight excluding hydrogens is 264 g/mol. The first-order valence-electron chi connectivity index (χ1n) is 4.97. The summed E-state index contributed by atoms with van der Waals surface area (Å²) in [6, 6.07) is 4.69. The Bertz CT molecular complexity index is 498. The number of benzene rings is 1. The minimum absolute atomic E-state index is 0.338. The van der Waals surface area contributed by atoms with Crippen molar-refractivity contribution in [2.24, 2.45) is 0 Å². The molecule has 4 nitrogen and oxygen atoms in total. The van der Waals surface area contributed by atoms with Gasteiger partial charge in [0.1, 0.15) is 5.75 Å². The van der Waals surface area contributed by atoms with Crippen molar-refractivity contribution in [1.82, 2.24) is 0 Å². The quantitative estimate of drug-likeness (QED) is 0.912. The van der Waals surface area contributed by atoms with E-state index < -0.39 is 21.2 Å². The van der Waals surface area contributed by atoms with Gasteiger partial charge in [0, 0.05) is 6.26 Å².